The van der Waals surface area contributed by atoms with E-state index in [1.54, 1.807) is 0 Å². The number of aromatic carboxylic acids is 1. The summed E-state index contributed by atoms with van der Waals surface area (Å²) in [5, 5.41) is 11.6. The van der Waals surface area contributed by atoms with Crippen LogP contribution in [0.4, 0.5) is 0 Å². The number of hydrogen-bond acceptors (Lipinski definition) is 3. The van der Waals surface area contributed by atoms with E-state index in [-0.39, 0.29) is 17.4 Å². The van der Waals surface area contributed by atoms with E-state index in [1.165, 1.54) is 6.33 Å². The van der Waals surface area contributed by atoms with Crippen LogP contribution in [0, 0.1) is 0 Å². The Kier molecular flexibility index (Phi) is 4.68. The normalized spacial score (nSPS) is 12.1. The summed E-state index contributed by atoms with van der Waals surface area (Å²) >= 11 is 0. The van der Waals surface area contributed by atoms with Gasteiger partial charge in [0.05, 0.1) is 6.33 Å². The van der Waals surface area contributed by atoms with Crippen molar-refractivity contribution in [3.63, 3.8) is 0 Å². The predicted molar refractivity (Wildman–Crippen MR) is 62.0 cm³/mol. The van der Waals surface area contributed by atoms with Gasteiger partial charge in [0.25, 0.3) is 5.91 Å². The predicted octanol–water partition coefficient (Wildman–Crippen LogP) is 1.42. The minimum atomic E-state index is -1.18. The molecule has 0 spiro atoms. The van der Waals surface area contributed by atoms with Gasteiger partial charge in [0.15, 0.2) is 11.4 Å². The van der Waals surface area contributed by atoms with E-state index in [0.29, 0.717) is 0 Å². The maximum Gasteiger partial charge on any atom is 0.354 e. The van der Waals surface area contributed by atoms with Crippen molar-refractivity contribution in [3.8, 4) is 0 Å². The van der Waals surface area contributed by atoms with Gasteiger partial charge in [-0.15, -0.1) is 0 Å². The molecule has 1 atom stereocenters. The Morgan fingerprint density at radius 1 is 1.53 bits per heavy atom. The number of imidazole rings is 1. The Morgan fingerprint density at radius 3 is 2.76 bits per heavy atom. The fraction of sp³-hybridized carbons (Fsp3) is 0.545. The number of aromatic amines is 1. The molecule has 1 aromatic heterocycles. The van der Waals surface area contributed by atoms with Gasteiger partial charge in [-0.2, -0.15) is 0 Å². The third-order valence-electron chi connectivity index (χ3n) is 2.53. The molecule has 17 heavy (non-hydrogen) atoms. The number of aromatic nitrogens is 2. The van der Waals surface area contributed by atoms with Crippen LogP contribution in [0.5, 0.6) is 0 Å². The van der Waals surface area contributed by atoms with Crippen LogP contribution >= 0.6 is 0 Å². The second-order valence-corrected chi connectivity index (χ2v) is 3.80. The molecule has 6 heteroatoms. The lowest BCUT2D eigenvalue weighted by molar-refractivity contribution is 0.0684. The van der Waals surface area contributed by atoms with Crippen LogP contribution in [0.15, 0.2) is 6.33 Å². The molecule has 0 saturated carbocycles. The molecular formula is C11H17N3O3. The molecule has 0 saturated heterocycles. The van der Waals surface area contributed by atoms with Crippen molar-refractivity contribution >= 4 is 11.9 Å². The van der Waals surface area contributed by atoms with Crippen LogP contribution in [0.1, 0.15) is 54.1 Å². The molecule has 1 heterocycles. The molecule has 0 aliphatic heterocycles. The summed E-state index contributed by atoms with van der Waals surface area (Å²) in [6.45, 7) is 4.01. The molecular weight excluding hydrogens is 222 g/mol. The van der Waals surface area contributed by atoms with Crippen molar-refractivity contribution in [2.24, 2.45) is 0 Å². The molecule has 0 fully saturated rings. The van der Waals surface area contributed by atoms with Crippen LogP contribution in [0.2, 0.25) is 0 Å². The molecule has 94 valence electrons. The number of carboxylic acids is 1. The van der Waals surface area contributed by atoms with Crippen molar-refractivity contribution < 1.29 is 14.7 Å². The van der Waals surface area contributed by atoms with Gasteiger partial charge in [0.1, 0.15) is 0 Å². The van der Waals surface area contributed by atoms with Crippen molar-refractivity contribution in [1.29, 1.82) is 0 Å². The highest BCUT2D eigenvalue weighted by atomic mass is 16.4. The second-order valence-electron chi connectivity index (χ2n) is 3.80. The van der Waals surface area contributed by atoms with Crippen LogP contribution in [0.25, 0.3) is 0 Å². The molecule has 3 N–H and O–H groups in total. The number of nitrogens with zero attached hydrogens (tertiary/aromatic N) is 1. The maximum absolute atomic E-state index is 11.8. The zero-order valence-electron chi connectivity index (χ0n) is 9.99. The number of carboxylic acid groups (broad SMARTS) is 1. The van der Waals surface area contributed by atoms with E-state index in [9.17, 15) is 9.59 Å². The molecule has 0 bridgehead atoms. The van der Waals surface area contributed by atoms with Gasteiger partial charge in [-0.05, 0) is 12.8 Å². The van der Waals surface area contributed by atoms with Crippen molar-refractivity contribution in [1.82, 2.24) is 15.3 Å². The maximum atomic E-state index is 11.8. The molecule has 1 aromatic rings. The number of rotatable bonds is 6. The zero-order chi connectivity index (χ0) is 12.8. The van der Waals surface area contributed by atoms with Gasteiger partial charge in [0, 0.05) is 6.04 Å². The number of amides is 1. The Labute approximate surface area is 99.4 Å². The monoisotopic (exact) mass is 239 g/mol. The molecule has 1 rings (SSSR count). The van der Waals surface area contributed by atoms with E-state index in [4.69, 9.17) is 5.11 Å². The minimum absolute atomic E-state index is 0.0610. The third kappa shape index (κ3) is 3.30. The van der Waals surface area contributed by atoms with E-state index in [2.05, 4.69) is 15.3 Å². The molecule has 6 nitrogen and oxygen atoms in total. The van der Waals surface area contributed by atoms with E-state index in [1.807, 2.05) is 13.8 Å². The second kappa shape index (κ2) is 6.03. The molecule has 0 aliphatic carbocycles. The first-order valence-corrected chi connectivity index (χ1v) is 5.67. The van der Waals surface area contributed by atoms with E-state index in [0.717, 1.165) is 19.3 Å². The minimum Gasteiger partial charge on any atom is -0.477 e. The molecule has 1 amide bonds. The Hall–Kier alpha value is -1.85. The highest BCUT2D eigenvalue weighted by Gasteiger charge is 2.21. The fourth-order valence-corrected chi connectivity index (χ4v) is 1.61. The zero-order valence-corrected chi connectivity index (χ0v) is 9.99. The average Bonchev–Trinajstić information content (AvgIpc) is 2.77. The first-order chi connectivity index (χ1) is 8.10. The Balaban J connectivity index is 2.75. The molecule has 0 aromatic carbocycles. The summed E-state index contributed by atoms with van der Waals surface area (Å²) in [5.41, 5.74) is -0.235. The first kappa shape index (κ1) is 13.2. The SMILES string of the molecule is CCCC(CC)NC(=O)c1nc[nH]c1C(=O)O. The van der Waals surface area contributed by atoms with Gasteiger partial charge in [0.2, 0.25) is 0 Å². The lowest BCUT2D eigenvalue weighted by Crippen LogP contribution is -2.35. The highest BCUT2D eigenvalue weighted by molar-refractivity contribution is 6.02. The van der Waals surface area contributed by atoms with Gasteiger partial charge in [-0.25, -0.2) is 9.78 Å². The number of H-pyrrole nitrogens is 1. The molecule has 1 unspecified atom stereocenters. The Morgan fingerprint density at radius 2 is 2.24 bits per heavy atom. The number of carbonyl (C=O) groups excluding carboxylic acids is 1. The number of nitrogens with one attached hydrogen (secondary N) is 2. The van der Waals surface area contributed by atoms with Crippen molar-refractivity contribution in [3.05, 3.63) is 17.7 Å². The number of carbonyl (C=O) groups is 2. The average molecular weight is 239 g/mol. The highest BCUT2D eigenvalue weighted by Crippen LogP contribution is 2.06. The lowest BCUT2D eigenvalue weighted by atomic mass is 10.1. The number of hydrogen-bond donors (Lipinski definition) is 3. The summed E-state index contributed by atoms with van der Waals surface area (Å²) in [7, 11) is 0. The quantitative estimate of drug-likeness (QED) is 0.699. The van der Waals surface area contributed by atoms with Crippen LogP contribution in [-0.2, 0) is 0 Å². The third-order valence-corrected chi connectivity index (χ3v) is 2.53. The lowest BCUT2D eigenvalue weighted by Gasteiger charge is -2.15. The van der Waals surface area contributed by atoms with Crippen LogP contribution in [0.3, 0.4) is 0 Å². The summed E-state index contributed by atoms with van der Waals surface area (Å²) in [6, 6.07) is 0.0610. The largest absolute Gasteiger partial charge is 0.477 e. The Bertz CT molecular complexity index is 400. The fourth-order valence-electron chi connectivity index (χ4n) is 1.61. The van der Waals surface area contributed by atoms with Crippen LogP contribution in [-0.4, -0.2) is 33.0 Å². The summed E-state index contributed by atoms with van der Waals surface area (Å²) in [6.07, 6.45) is 3.85. The van der Waals surface area contributed by atoms with Crippen LogP contribution < -0.4 is 5.32 Å². The topological polar surface area (TPSA) is 95.1 Å². The van der Waals surface area contributed by atoms with Crippen molar-refractivity contribution in [2.45, 2.75) is 39.2 Å². The van der Waals surface area contributed by atoms with Gasteiger partial charge < -0.3 is 15.4 Å². The first-order valence-electron chi connectivity index (χ1n) is 5.67. The van der Waals surface area contributed by atoms with E-state index < -0.39 is 11.9 Å². The van der Waals surface area contributed by atoms with Gasteiger partial charge >= 0.3 is 5.97 Å². The van der Waals surface area contributed by atoms with Gasteiger partial charge in [-0.3, -0.25) is 4.79 Å². The molecule has 0 radical (unpaired) electrons. The van der Waals surface area contributed by atoms with Crippen molar-refractivity contribution in [2.75, 3.05) is 0 Å². The summed E-state index contributed by atoms with van der Waals surface area (Å²) < 4.78 is 0. The summed E-state index contributed by atoms with van der Waals surface area (Å²) in [5.74, 6) is -1.62. The van der Waals surface area contributed by atoms with E-state index >= 15 is 0 Å². The standard InChI is InChI=1S/C11H17N3O3/c1-3-5-7(4-2)14-10(15)8-9(11(16)17)13-6-12-8/h6-7H,3-5H2,1-2H3,(H,12,13)(H,14,15)(H,16,17). The smallest absolute Gasteiger partial charge is 0.354 e. The van der Waals surface area contributed by atoms with Gasteiger partial charge in [-0.1, -0.05) is 20.3 Å². The summed E-state index contributed by atoms with van der Waals surface area (Å²) in [4.78, 5) is 28.8. The molecule has 0 aliphatic rings.